The van der Waals surface area contributed by atoms with Crippen molar-refractivity contribution < 1.29 is 4.79 Å². The minimum absolute atomic E-state index is 0.107. The number of aromatic amines is 1. The molecule has 7 nitrogen and oxygen atoms in total. The lowest BCUT2D eigenvalue weighted by Crippen LogP contribution is -2.29. The third-order valence-electron chi connectivity index (χ3n) is 3.39. The Labute approximate surface area is 115 Å². The van der Waals surface area contributed by atoms with Crippen molar-refractivity contribution in [3.05, 3.63) is 26.7 Å². The number of carbonyl (C=O) groups excluding carboxylic acids is 1. The Balaban J connectivity index is 2.52. The van der Waals surface area contributed by atoms with Crippen molar-refractivity contribution in [2.75, 3.05) is 0 Å². The molecule has 1 N–H and O–H groups in total. The van der Waals surface area contributed by atoms with Crippen LogP contribution in [-0.4, -0.2) is 24.9 Å². The molecule has 0 bridgehead atoms. The average molecular weight is 278 g/mol. The minimum Gasteiger partial charge on any atom is -0.319 e. The van der Waals surface area contributed by atoms with Gasteiger partial charge in [0, 0.05) is 20.5 Å². The van der Waals surface area contributed by atoms with Gasteiger partial charge in [0.05, 0.1) is 0 Å². The van der Waals surface area contributed by atoms with Crippen LogP contribution in [0.25, 0.3) is 11.2 Å². The van der Waals surface area contributed by atoms with E-state index in [1.165, 1.54) is 16.2 Å². The molecule has 0 fully saturated rings. The van der Waals surface area contributed by atoms with E-state index >= 15 is 0 Å². The summed E-state index contributed by atoms with van der Waals surface area (Å²) < 4.78 is 2.70. The number of unbranched alkanes of at least 4 members (excludes halogenated alkanes) is 2. The maximum Gasteiger partial charge on any atom is 0.329 e. The fourth-order valence-electron chi connectivity index (χ4n) is 2.21. The number of Topliss-reactive ketones (excluding diaryl/α,β-unsaturated/α-hetero) is 1. The fraction of sp³-hybridized carbons (Fsp3) is 0.538. The molecule has 0 atom stereocenters. The van der Waals surface area contributed by atoms with Crippen LogP contribution in [0.15, 0.2) is 9.59 Å². The van der Waals surface area contributed by atoms with Gasteiger partial charge in [-0.05, 0) is 6.42 Å². The van der Waals surface area contributed by atoms with Crippen LogP contribution in [0.3, 0.4) is 0 Å². The number of H-pyrrole nitrogens is 1. The van der Waals surface area contributed by atoms with Gasteiger partial charge in [-0.2, -0.15) is 0 Å². The second-order valence-corrected chi connectivity index (χ2v) is 4.87. The molecule has 0 aliphatic rings. The molecule has 0 aliphatic carbocycles. The number of nitrogens with zero attached hydrogens (tertiary/aromatic N) is 3. The largest absolute Gasteiger partial charge is 0.329 e. The van der Waals surface area contributed by atoms with E-state index < -0.39 is 11.2 Å². The Morgan fingerprint density at radius 3 is 2.55 bits per heavy atom. The first-order valence-corrected chi connectivity index (χ1v) is 6.66. The second kappa shape index (κ2) is 5.44. The van der Waals surface area contributed by atoms with E-state index in [9.17, 15) is 14.4 Å². The molecule has 0 amide bonds. The summed E-state index contributed by atoms with van der Waals surface area (Å²) in [5.74, 6) is 0.117. The van der Waals surface area contributed by atoms with Crippen LogP contribution >= 0.6 is 0 Å². The molecular weight excluding hydrogens is 260 g/mol. The van der Waals surface area contributed by atoms with Crippen molar-refractivity contribution in [1.82, 2.24) is 19.1 Å². The van der Waals surface area contributed by atoms with Crippen LogP contribution < -0.4 is 11.2 Å². The predicted molar refractivity (Wildman–Crippen MR) is 75.0 cm³/mol. The lowest BCUT2D eigenvalue weighted by Gasteiger charge is -2.00. The quantitative estimate of drug-likeness (QED) is 0.644. The van der Waals surface area contributed by atoms with E-state index in [0.717, 1.165) is 19.3 Å². The summed E-state index contributed by atoms with van der Waals surface area (Å²) in [4.78, 5) is 41.9. The van der Waals surface area contributed by atoms with Crippen LogP contribution in [0, 0.1) is 0 Å². The fourth-order valence-corrected chi connectivity index (χ4v) is 2.21. The maximum atomic E-state index is 12.1. The summed E-state index contributed by atoms with van der Waals surface area (Å²) in [6.45, 7) is 2.06. The summed E-state index contributed by atoms with van der Waals surface area (Å²) in [6.07, 6.45) is 3.21. The van der Waals surface area contributed by atoms with Crippen LogP contribution in [0.2, 0.25) is 0 Å². The van der Waals surface area contributed by atoms with Gasteiger partial charge in [0.2, 0.25) is 0 Å². The van der Waals surface area contributed by atoms with Gasteiger partial charge in [0.1, 0.15) is 0 Å². The monoisotopic (exact) mass is 278 g/mol. The van der Waals surface area contributed by atoms with Crippen LogP contribution in [0.5, 0.6) is 0 Å². The normalized spacial score (nSPS) is 11.2. The molecule has 2 heterocycles. The molecule has 7 heteroatoms. The zero-order chi connectivity index (χ0) is 14.9. The minimum atomic E-state index is -0.536. The van der Waals surface area contributed by atoms with Gasteiger partial charge in [0.25, 0.3) is 5.56 Å². The number of imidazole rings is 1. The summed E-state index contributed by atoms with van der Waals surface area (Å²) in [5, 5.41) is 0. The molecule has 0 aromatic carbocycles. The van der Waals surface area contributed by atoms with E-state index in [1.54, 1.807) is 7.05 Å². The van der Waals surface area contributed by atoms with Crippen molar-refractivity contribution in [1.29, 1.82) is 0 Å². The van der Waals surface area contributed by atoms with Crippen molar-refractivity contribution in [3.8, 4) is 0 Å². The molecule has 2 aromatic heterocycles. The van der Waals surface area contributed by atoms with Gasteiger partial charge in [-0.1, -0.05) is 19.8 Å². The number of nitrogens with one attached hydrogen (secondary N) is 1. The van der Waals surface area contributed by atoms with Crippen molar-refractivity contribution in [3.63, 3.8) is 0 Å². The van der Waals surface area contributed by atoms with E-state index in [2.05, 4.69) is 16.9 Å². The number of aryl methyl sites for hydroxylation is 2. The molecule has 0 saturated heterocycles. The first-order valence-electron chi connectivity index (χ1n) is 6.66. The SMILES string of the molecule is CCCCCC(=O)c1nc2c(c(=O)[nH]c(=O)n2C)n1C. The molecule has 0 saturated carbocycles. The highest BCUT2D eigenvalue weighted by Gasteiger charge is 2.19. The van der Waals surface area contributed by atoms with E-state index in [4.69, 9.17) is 0 Å². The Bertz CT molecular complexity index is 766. The Kier molecular flexibility index (Phi) is 3.87. The molecule has 2 rings (SSSR count). The lowest BCUT2D eigenvalue weighted by molar-refractivity contribution is 0.0966. The molecule has 2 aromatic rings. The zero-order valence-corrected chi connectivity index (χ0v) is 11.9. The highest BCUT2D eigenvalue weighted by Crippen LogP contribution is 2.12. The van der Waals surface area contributed by atoms with Gasteiger partial charge < -0.3 is 4.57 Å². The van der Waals surface area contributed by atoms with Crippen LogP contribution in [0.4, 0.5) is 0 Å². The van der Waals surface area contributed by atoms with Gasteiger partial charge in [-0.15, -0.1) is 0 Å². The van der Waals surface area contributed by atoms with Crippen LogP contribution in [0.1, 0.15) is 43.2 Å². The molecule has 108 valence electrons. The molecule has 0 radical (unpaired) electrons. The first-order chi connectivity index (χ1) is 9.47. The van der Waals surface area contributed by atoms with Crippen molar-refractivity contribution in [2.24, 2.45) is 14.1 Å². The highest BCUT2D eigenvalue weighted by atomic mass is 16.2. The lowest BCUT2D eigenvalue weighted by atomic mass is 10.1. The number of hydrogen-bond acceptors (Lipinski definition) is 4. The average Bonchev–Trinajstić information content (AvgIpc) is 2.75. The van der Waals surface area contributed by atoms with Gasteiger partial charge in [0.15, 0.2) is 22.8 Å². The van der Waals surface area contributed by atoms with Gasteiger partial charge >= 0.3 is 5.69 Å². The number of ketones is 1. The third kappa shape index (κ3) is 2.31. The summed E-state index contributed by atoms with van der Waals surface area (Å²) >= 11 is 0. The van der Waals surface area contributed by atoms with Gasteiger partial charge in [-0.3, -0.25) is 19.1 Å². The smallest absolute Gasteiger partial charge is 0.319 e. The number of aromatic nitrogens is 4. The third-order valence-corrected chi connectivity index (χ3v) is 3.39. The number of fused-ring (bicyclic) bond motifs is 1. The molecule has 0 aliphatic heterocycles. The zero-order valence-electron chi connectivity index (χ0n) is 11.9. The van der Waals surface area contributed by atoms with E-state index in [1.807, 2.05) is 0 Å². The number of hydrogen-bond donors (Lipinski definition) is 1. The maximum absolute atomic E-state index is 12.1. The summed E-state index contributed by atoms with van der Waals surface area (Å²) in [6, 6.07) is 0. The Morgan fingerprint density at radius 2 is 1.90 bits per heavy atom. The van der Waals surface area contributed by atoms with E-state index in [0.29, 0.717) is 6.42 Å². The topological polar surface area (TPSA) is 89.8 Å². The molecular formula is C13H18N4O3. The number of carbonyl (C=O) groups is 1. The second-order valence-electron chi connectivity index (χ2n) is 4.87. The number of rotatable bonds is 5. The van der Waals surface area contributed by atoms with Crippen molar-refractivity contribution in [2.45, 2.75) is 32.6 Å². The van der Waals surface area contributed by atoms with E-state index in [-0.39, 0.29) is 22.8 Å². The highest BCUT2D eigenvalue weighted by molar-refractivity contribution is 5.95. The molecule has 20 heavy (non-hydrogen) atoms. The van der Waals surface area contributed by atoms with Crippen LogP contribution in [-0.2, 0) is 14.1 Å². The Hall–Kier alpha value is -2.18. The van der Waals surface area contributed by atoms with Gasteiger partial charge in [-0.25, -0.2) is 9.78 Å². The summed E-state index contributed by atoms with van der Waals surface area (Å²) in [7, 11) is 3.13. The predicted octanol–water partition coefficient (Wildman–Crippen LogP) is 0.723. The first kappa shape index (κ1) is 14.2. The molecule has 0 unspecified atom stereocenters. The van der Waals surface area contributed by atoms with Crippen molar-refractivity contribution >= 4 is 16.9 Å². The Morgan fingerprint density at radius 1 is 1.20 bits per heavy atom. The summed E-state index contributed by atoms with van der Waals surface area (Å²) in [5.41, 5.74) is -0.581. The molecule has 0 spiro atoms. The standard InChI is InChI=1S/C13H18N4O3/c1-4-5-6-7-8(18)10-14-11-9(16(10)2)12(19)15-13(20)17(11)3/h4-7H2,1-3H3,(H,15,19,20).